The zero-order chi connectivity index (χ0) is 18.2. The first kappa shape index (κ1) is 16.8. The minimum Gasteiger partial charge on any atom is -0.474 e. The van der Waals surface area contributed by atoms with E-state index in [-0.39, 0.29) is 12.5 Å². The van der Waals surface area contributed by atoms with Crippen molar-refractivity contribution in [3.8, 4) is 5.75 Å². The standard InChI is InChI=1S/C18H19N3O4/c1-18(2)17(23)21(15-13(25-18)7-8-14(19)20-15)10-11-5-4-6-12(9-11)16(22)24-3/h4-9H,10H2,1-3H3,(H2,19,20). The van der Waals surface area contributed by atoms with Crippen LogP contribution in [0, 0.1) is 0 Å². The maximum Gasteiger partial charge on any atom is 0.337 e. The highest BCUT2D eigenvalue weighted by Crippen LogP contribution is 2.37. The molecule has 0 saturated carbocycles. The number of nitrogens with two attached hydrogens (primary N) is 1. The van der Waals surface area contributed by atoms with Crippen LogP contribution in [0.15, 0.2) is 36.4 Å². The van der Waals surface area contributed by atoms with Crippen LogP contribution in [0.4, 0.5) is 11.6 Å². The lowest BCUT2D eigenvalue weighted by Crippen LogP contribution is -2.52. The van der Waals surface area contributed by atoms with Crippen LogP contribution < -0.4 is 15.4 Å². The summed E-state index contributed by atoms with van der Waals surface area (Å²) in [5.41, 5.74) is 5.93. The molecule has 25 heavy (non-hydrogen) atoms. The number of methoxy groups -OCH3 is 1. The summed E-state index contributed by atoms with van der Waals surface area (Å²) >= 11 is 0. The van der Waals surface area contributed by atoms with Crippen molar-refractivity contribution in [1.29, 1.82) is 0 Å². The molecule has 1 aromatic heterocycles. The molecule has 2 N–H and O–H groups in total. The van der Waals surface area contributed by atoms with E-state index in [9.17, 15) is 9.59 Å². The van der Waals surface area contributed by atoms with Gasteiger partial charge < -0.3 is 15.2 Å². The van der Waals surface area contributed by atoms with Gasteiger partial charge in [-0.05, 0) is 43.7 Å². The molecule has 3 rings (SSSR count). The Morgan fingerprint density at radius 1 is 1.32 bits per heavy atom. The number of carbonyl (C=O) groups excluding carboxylic acids is 2. The Hall–Kier alpha value is -3.09. The predicted octanol–water partition coefficient (Wildman–Crippen LogP) is 2.15. The van der Waals surface area contributed by atoms with Crippen LogP contribution in [0.1, 0.15) is 29.8 Å². The molecule has 1 aliphatic rings. The maximum atomic E-state index is 12.8. The van der Waals surface area contributed by atoms with Crippen LogP contribution in [0.25, 0.3) is 0 Å². The molecule has 2 heterocycles. The first-order chi connectivity index (χ1) is 11.8. The zero-order valence-corrected chi connectivity index (χ0v) is 14.3. The number of carbonyl (C=O) groups is 2. The number of nitrogens with zero attached hydrogens (tertiary/aromatic N) is 2. The lowest BCUT2D eigenvalue weighted by Gasteiger charge is -2.38. The van der Waals surface area contributed by atoms with E-state index in [4.69, 9.17) is 15.2 Å². The molecule has 130 valence electrons. The number of hydrogen-bond acceptors (Lipinski definition) is 6. The van der Waals surface area contributed by atoms with E-state index in [0.29, 0.717) is 22.9 Å². The Bertz CT molecular complexity index is 848. The number of amides is 1. The third-order valence-corrected chi connectivity index (χ3v) is 3.93. The van der Waals surface area contributed by atoms with Crippen molar-refractivity contribution >= 4 is 23.5 Å². The normalized spacial score (nSPS) is 15.3. The zero-order valence-electron chi connectivity index (χ0n) is 14.3. The molecule has 0 fully saturated rings. The molecule has 1 amide bonds. The number of aromatic nitrogens is 1. The van der Waals surface area contributed by atoms with E-state index in [1.54, 1.807) is 44.2 Å². The number of benzene rings is 1. The average molecular weight is 341 g/mol. The monoisotopic (exact) mass is 341 g/mol. The minimum absolute atomic E-state index is 0.235. The van der Waals surface area contributed by atoms with Gasteiger partial charge in [0.25, 0.3) is 5.91 Å². The third kappa shape index (κ3) is 3.13. The Morgan fingerprint density at radius 2 is 2.08 bits per heavy atom. The second kappa shape index (κ2) is 6.08. The molecule has 0 aliphatic carbocycles. The summed E-state index contributed by atoms with van der Waals surface area (Å²) in [6.07, 6.45) is 0. The van der Waals surface area contributed by atoms with Gasteiger partial charge in [0.05, 0.1) is 19.2 Å². The smallest absolute Gasteiger partial charge is 0.337 e. The van der Waals surface area contributed by atoms with Crippen LogP contribution in [0.5, 0.6) is 5.75 Å². The Kier molecular flexibility index (Phi) is 4.08. The maximum absolute atomic E-state index is 12.8. The predicted molar refractivity (Wildman–Crippen MR) is 92.3 cm³/mol. The van der Waals surface area contributed by atoms with Crippen molar-refractivity contribution in [1.82, 2.24) is 4.98 Å². The lowest BCUT2D eigenvalue weighted by molar-refractivity contribution is -0.132. The number of fused-ring (bicyclic) bond motifs is 1. The Balaban J connectivity index is 2.00. The van der Waals surface area contributed by atoms with E-state index in [0.717, 1.165) is 5.56 Å². The molecule has 0 saturated heterocycles. The van der Waals surface area contributed by atoms with Crippen LogP contribution in [0.2, 0.25) is 0 Å². The molecule has 1 aliphatic heterocycles. The second-order valence-electron chi connectivity index (χ2n) is 6.25. The summed E-state index contributed by atoms with van der Waals surface area (Å²) in [7, 11) is 1.33. The molecule has 0 unspecified atom stereocenters. The van der Waals surface area contributed by atoms with Crippen LogP contribution in [-0.4, -0.2) is 29.6 Å². The summed E-state index contributed by atoms with van der Waals surface area (Å²) < 4.78 is 10.5. The number of hydrogen-bond donors (Lipinski definition) is 1. The fourth-order valence-electron chi connectivity index (χ4n) is 2.71. The van der Waals surface area contributed by atoms with Gasteiger partial charge >= 0.3 is 5.97 Å². The fourth-order valence-corrected chi connectivity index (χ4v) is 2.71. The van der Waals surface area contributed by atoms with E-state index in [1.807, 2.05) is 6.07 Å². The van der Waals surface area contributed by atoms with Crippen LogP contribution >= 0.6 is 0 Å². The van der Waals surface area contributed by atoms with Crippen molar-refractivity contribution in [2.24, 2.45) is 0 Å². The molecule has 7 nitrogen and oxygen atoms in total. The van der Waals surface area contributed by atoms with Gasteiger partial charge in [-0.15, -0.1) is 0 Å². The highest BCUT2D eigenvalue weighted by atomic mass is 16.5. The van der Waals surface area contributed by atoms with Gasteiger partial charge in [0.15, 0.2) is 17.2 Å². The quantitative estimate of drug-likeness (QED) is 0.860. The number of ether oxygens (including phenoxy) is 2. The number of pyridine rings is 1. The van der Waals surface area contributed by atoms with Crippen molar-refractivity contribution in [3.63, 3.8) is 0 Å². The molecule has 2 aromatic rings. The fraction of sp³-hybridized carbons (Fsp3) is 0.278. The number of rotatable bonds is 3. The molecular weight excluding hydrogens is 322 g/mol. The van der Waals surface area contributed by atoms with E-state index >= 15 is 0 Å². The summed E-state index contributed by atoms with van der Waals surface area (Å²) in [5, 5.41) is 0. The molecule has 0 radical (unpaired) electrons. The summed E-state index contributed by atoms with van der Waals surface area (Å²) in [6, 6.07) is 10.2. The first-order valence-electron chi connectivity index (χ1n) is 7.76. The number of esters is 1. The van der Waals surface area contributed by atoms with Crippen molar-refractivity contribution in [2.45, 2.75) is 26.0 Å². The lowest BCUT2D eigenvalue weighted by atomic mass is 10.0. The number of anilines is 2. The van der Waals surface area contributed by atoms with Crippen molar-refractivity contribution in [2.75, 3.05) is 17.7 Å². The molecule has 0 bridgehead atoms. The highest BCUT2D eigenvalue weighted by Gasteiger charge is 2.41. The SMILES string of the molecule is COC(=O)c1cccc(CN2C(=O)C(C)(C)Oc3ccc(N)nc32)c1. The summed E-state index contributed by atoms with van der Waals surface area (Å²) in [4.78, 5) is 30.3. The molecule has 1 aromatic carbocycles. The van der Waals surface area contributed by atoms with Gasteiger partial charge in [0, 0.05) is 0 Å². The highest BCUT2D eigenvalue weighted by molar-refractivity contribution is 6.01. The largest absolute Gasteiger partial charge is 0.474 e. The van der Waals surface area contributed by atoms with Gasteiger partial charge in [-0.1, -0.05) is 12.1 Å². The van der Waals surface area contributed by atoms with Gasteiger partial charge in [-0.3, -0.25) is 9.69 Å². The number of nitrogen functional groups attached to an aromatic ring is 1. The summed E-state index contributed by atoms with van der Waals surface area (Å²) in [5.74, 6) is 0.485. The van der Waals surface area contributed by atoms with Crippen LogP contribution in [-0.2, 0) is 16.1 Å². The van der Waals surface area contributed by atoms with Gasteiger partial charge in [-0.25, -0.2) is 9.78 Å². The van der Waals surface area contributed by atoms with E-state index < -0.39 is 11.6 Å². The Labute approximate surface area is 145 Å². The third-order valence-electron chi connectivity index (χ3n) is 3.93. The molecular formula is C18H19N3O4. The van der Waals surface area contributed by atoms with Gasteiger partial charge in [-0.2, -0.15) is 0 Å². The van der Waals surface area contributed by atoms with Crippen LogP contribution in [0.3, 0.4) is 0 Å². The Morgan fingerprint density at radius 3 is 2.80 bits per heavy atom. The molecule has 0 spiro atoms. The van der Waals surface area contributed by atoms with E-state index in [1.165, 1.54) is 12.0 Å². The minimum atomic E-state index is -1.02. The van der Waals surface area contributed by atoms with E-state index in [2.05, 4.69) is 4.98 Å². The topological polar surface area (TPSA) is 94.8 Å². The van der Waals surface area contributed by atoms with Gasteiger partial charge in [0.2, 0.25) is 0 Å². The first-order valence-corrected chi connectivity index (χ1v) is 7.76. The molecule has 0 atom stereocenters. The summed E-state index contributed by atoms with van der Waals surface area (Å²) in [6.45, 7) is 3.64. The van der Waals surface area contributed by atoms with Crippen molar-refractivity contribution < 1.29 is 19.1 Å². The average Bonchev–Trinajstić information content (AvgIpc) is 2.59. The van der Waals surface area contributed by atoms with Gasteiger partial charge in [0.1, 0.15) is 5.82 Å². The van der Waals surface area contributed by atoms with Crippen molar-refractivity contribution in [3.05, 3.63) is 47.5 Å². The molecule has 7 heteroatoms. The second-order valence-corrected chi connectivity index (χ2v) is 6.25.